The number of nitrogens with zero attached hydrogens (tertiary/aromatic N) is 4. The van der Waals surface area contributed by atoms with Crippen molar-refractivity contribution >= 4 is 22.8 Å². The van der Waals surface area contributed by atoms with E-state index in [1.807, 2.05) is 19.9 Å². The molecule has 0 bridgehead atoms. The Morgan fingerprint density at radius 1 is 1.29 bits per heavy atom. The van der Waals surface area contributed by atoms with Gasteiger partial charge in [0.2, 0.25) is 5.88 Å². The summed E-state index contributed by atoms with van der Waals surface area (Å²) in [6.45, 7) is 3.46. The van der Waals surface area contributed by atoms with Crippen LogP contribution in [-0.2, 0) is 11.3 Å². The minimum Gasteiger partial charge on any atom is -0.415 e. The standard InChI is InChI=1S/C18H22F2N6O2/c1-10-7-13(22-14-8-15(25-24-14)28-18(19)20)23-17-16(10)21-11(2)26(17)9-12-3-5-27-6-4-12/h7-8,12,18H,3-6,9H2,1-2H3,(H2,22,23,24,25). The molecule has 0 aromatic carbocycles. The monoisotopic (exact) mass is 392 g/mol. The number of H-pyrrole nitrogens is 1. The fourth-order valence-corrected chi connectivity index (χ4v) is 3.48. The average molecular weight is 392 g/mol. The molecule has 28 heavy (non-hydrogen) atoms. The molecule has 4 rings (SSSR count). The van der Waals surface area contributed by atoms with Crippen molar-refractivity contribution in [3.05, 3.63) is 23.5 Å². The second-order valence-electron chi connectivity index (χ2n) is 6.95. The van der Waals surface area contributed by atoms with Gasteiger partial charge in [-0.1, -0.05) is 0 Å². The Balaban J connectivity index is 1.61. The molecule has 10 heteroatoms. The molecule has 3 aromatic rings. The molecule has 1 fully saturated rings. The molecule has 0 aliphatic carbocycles. The number of aromatic amines is 1. The maximum absolute atomic E-state index is 12.3. The van der Waals surface area contributed by atoms with E-state index in [9.17, 15) is 8.78 Å². The number of rotatable bonds is 6. The van der Waals surface area contributed by atoms with Crippen LogP contribution in [0, 0.1) is 19.8 Å². The summed E-state index contributed by atoms with van der Waals surface area (Å²) in [5.74, 6) is 2.25. The molecule has 1 aliphatic heterocycles. The number of nitrogens with one attached hydrogen (secondary N) is 2. The quantitative estimate of drug-likeness (QED) is 0.667. The van der Waals surface area contributed by atoms with Crippen LogP contribution in [-0.4, -0.2) is 44.6 Å². The SMILES string of the molecule is Cc1cc(Nc2cc(OC(F)F)n[nH]2)nc2c1nc(C)n2CC1CCOCC1. The summed E-state index contributed by atoms with van der Waals surface area (Å²) in [6.07, 6.45) is 2.05. The lowest BCUT2D eigenvalue weighted by molar-refractivity contribution is -0.0528. The van der Waals surface area contributed by atoms with Crippen LogP contribution in [0.2, 0.25) is 0 Å². The molecule has 1 aliphatic rings. The van der Waals surface area contributed by atoms with Crippen LogP contribution in [0.4, 0.5) is 20.4 Å². The number of fused-ring (bicyclic) bond motifs is 1. The highest BCUT2D eigenvalue weighted by molar-refractivity contribution is 5.78. The van der Waals surface area contributed by atoms with Crippen molar-refractivity contribution in [3.8, 4) is 5.88 Å². The van der Waals surface area contributed by atoms with E-state index in [1.165, 1.54) is 6.07 Å². The predicted molar refractivity (Wildman–Crippen MR) is 99.0 cm³/mol. The van der Waals surface area contributed by atoms with Crippen LogP contribution >= 0.6 is 0 Å². The topological polar surface area (TPSA) is 89.9 Å². The second kappa shape index (κ2) is 7.70. The van der Waals surface area contributed by atoms with Gasteiger partial charge in [-0.2, -0.15) is 8.78 Å². The largest absolute Gasteiger partial charge is 0.415 e. The molecule has 0 radical (unpaired) electrons. The van der Waals surface area contributed by atoms with Gasteiger partial charge in [0.25, 0.3) is 0 Å². The lowest BCUT2D eigenvalue weighted by Gasteiger charge is -2.23. The number of aryl methyl sites for hydroxylation is 2. The summed E-state index contributed by atoms with van der Waals surface area (Å²) < 4.78 is 36.5. The number of pyridine rings is 1. The van der Waals surface area contributed by atoms with Gasteiger partial charge >= 0.3 is 6.61 Å². The normalized spacial score (nSPS) is 15.5. The molecule has 3 aromatic heterocycles. The first-order chi connectivity index (χ1) is 13.5. The number of anilines is 2. The van der Waals surface area contributed by atoms with Gasteiger partial charge in [-0.05, 0) is 44.2 Å². The lowest BCUT2D eigenvalue weighted by Crippen LogP contribution is -2.21. The van der Waals surface area contributed by atoms with Crippen LogP contribution in [0.5, 0.6) is 5.88 Å². The van der Waals surface area contributed by atoms with Crippen molar-refractivity contribution in [1.82, 2.24) is 24.7 Å². The van der Waals surface area contributed by atoms with E-state index in [-0.39, 0.29) is 5.88 Å². The Bertz CT molecular complexity index is 965. The summed E-state index contributed by atoms with van der Waals surface area (Å²) in [5, 5.41) is 9.36. The third kappa shape index (κ3) is 3.91. The summed E-state index contributed by atoms with van der Waals surface area (Å²) in [7, 11) is 0. The Hall–Kier alpha value is -2.75. The van der Waals surface area contributed by atoms with Crippen molar-refractivity contribution in [3.63, 3.8) is 0 Å². The molecule has 2 N–H and O–H groups in total. The Morgan fingerprint density at radius 3 is 2.82 bits per heavy atom. The lowest BCUT2D eigenvalue weighted by atomic mass is 10.0. The highest BCUT2D eigenvalue weighted by atomic mass is 19.3. The van der Waals surface area contributed by atoms with Gasteiger partial charge in [0.15, 0.2) is 5.65 Å². The second-order valence-corrected chi connectivity index (χ2v) is 6.95. The van der Waals surface area contributed by atoms with E-state index in [2.05, 4.69) is 29.8 Å². The summed E-state index contributed by atoms with van der Waals surface area (Å²) >= 11 is 0. The summed E-state index contributed by atoms with van der Waals surface area (Å²) in [6, 6.07) is 3.22. The average Bonchev–Trinajstić information content (AvgIpc) is 3.21. The summed E-state index contributed by atoms with van der Waals surface area (Å²) in [5.41, 5.74) is 2.64. The molecule has 0 amide bonds. The number of aromatic nitrogens is 5. The zero-order valence-electron chi connectivity index (χ0n) is 15.7. The van der Waals surface area contributed by atoms with Gasteiger partial charge in [0.05, 0.1) is 0 Å². The van der Waals surface area contributed by atoms with E-state index in [0.717, 1.165) is 55.2 Å². The van der Waals surface area contributed by atoms with E-state index < -0.39 is 6.61 Å². The Kier molecular flexibility index (Phi) is 5.12. The number of hydrogen-bond donors (Lipinski definition) is 2. The molecule has 4 heterocycles. The van der Waals surface area contributed by atoms with E-state index in [1.54, 1.807) is 0 Å². The molecule has 8 nitrogen and oxygen atoms in total. The number of hydrogen-bond acceptors (Lipinski definition) is 6. The first-order valence-electron chi connectivity index (χ1n) is 9.19. The number of alkyl halides is 2. The number of halogens is 2. The zero-order valence-corrected chi connectivity index (χ0v) is 15.7. The fraction of sp³-hybridized carbons (Fsp3) is 0.500. The number of imidazole rings is 1. The van der Waals surface area contributed by atoms with Crippen molar-refractivity contribution < 1.29 is 18.3 Å². The van der Waals surface area contributed by atoms with Crippen molar-refractivity contribution in [2.24, 2.45) is 5.92 Å². The Labute approximate surface area is 160 Å². The smallest absolute Gasteiger partial charge is 0.388 e. The highest BCUT2D eigenvalue weighted by Gasteiger charge is 2.19. The summed E-state index contributed by atoms with van der Waals surface area (Å²) in [4.78, 5) is 9.39. The molecular formula is C18H22F2N6O2. The molecule has 0 unspecified atom stereocenters. The third-order valence-corrected chi connectivity index (χ3v) is 4.89. The van der Waals surface area contributed by atoms with Crippen LogP contribution in [0.3, 0.4) is 0 Å². The van der Waals surface area contributed by atoms with Gasteiger partial charge in [-0.15, -0.1) is 5.10 Å². The number of ether oxygens (including phenoxy) is 2. The van der Waals surface area contributed by atoms with E-state index in [0.29, 0.717) is 17.6 Å². The van der Waals surface area contributed by atoms with Gasteiger partial charge in [-0.25, -0.2) is 9.97 Å². The Morgan fingerprint density at radius 2 is 2.07 bits per heavy atom. The van der Waals surface area contributed by atoms with Crippen molar-refractivity contribution in [2.45, 2.75) is 39.8 Å². The molecule has 150 valence electrons. The van der Waals surface area contributed by atoms with Gasteiger partial charge in [0.1, 0.15) is 23.0 Å². The molecule has 0 spiro atoms. The minimum absolute atomic E-state index is 0.185. The molecule has 0 saturated carbocycles. The highest BCUT2D eigenvalue weighted by Crippen LogP contribution is 2.26. The molecule has 0 atom stereocenters. The van der Waals surface area contributed by atoms with E-state index in [4.69, 9.17) is 9.72 Å². The van der Waals surface area contributed by atoms with Crippen LogP contribution in [0.25, 0.3) is 11.2 Å². The van der Waals surface area contributed by atoms with Gasteiger partial charge in [0, 0.05) is 25.8 Å². The first kappa shape index (κ1) is 18.6. The van der Waals surface area contributed by atoms with E-state index >= 15 is 0 Å². The minimum atomic E-state index is -2.92. The van der Waals surface area contributed by atoms with Crippen LogP contribution < -0.4 is 10.1 Å². The van der Waals surface area contributed by atoms with Crippen LogP contribution in [0.15, 0.2) is 12.1 Å². The molecular weight excluding hydrogens is 370 g/mol. The van der Waals surface area contributed by atoms with Crippen LogP contribution in [0.1, 0.15) is 24.2 Å². The van der Waals surface area contributed by atoms with Crippen molar-refractivity contribution in [2.75, 3.05) is 18.5 Å². The first-order valence-corrected chi connectivity index (χ1v) is 9.19. The molecule has 1 saturated heterocycles. The van der Waals surface area contributed by atoms with Gasteiger partial charge < -0.3 is 19.4 Å². The predicted octanol–water partition coefficient (Wildman–Crippen LogP) is 3.54. The fourth-order valence-electron chi connectivity index (χ4n) is 3.48. The third-order valence-electron chi connectivity index (χ3n) is 4.89. The van der Waals surface area contributed by atoms with Crippen molar-refractivity contribution in [1.29, 1.82) is 0 Å². The zero-order chi connectivity index (χ0) is 19.7. The van der Waals surface area contributed by atoms with Gasteiger partial charge in [-0.3, -0.25) is 5.10 Å². The maximum Gasteiger partial charge on any atom is 0.388 e. The maximum atomic E-state index is 12.3.